The Balaban J connectivity index is 2.53. The van der Waals surface area contributed by atoms with Crippen molar-refractivity contribution in [2.75, 3.05) is 0 Å². The number of H-pyrrole nitrogens is 1. The van der Waals surface area contributed by atoms with E-state index >= 15 is 0 Å². The number of thiophene rings is 1. The molecule has 0 aliphatic heterocycles. The first-order valence-corrected chi connectivity index (χ1v) is 4.42. The van der Waals surface area contributed by atoms with Crippen LogP contribution >= 0.6 is 23.6 Å². The standard InChI is InChI=1S/C7H5NOS2/c10-7-8-6(3-9-7)5-1-2-11-4-5/h1-4H,(H,8,10). The van der Waals surface area contributed by atoms with Gasteiger partial charge in [0.2, 0.25) is 0 Å². The highest BCUT2D eigenvalue weighted by molar-refractivity contribution is 7.71. The van der Waals surface area contributed by atoms with Crippen molar-refractivity contribution in [2.24, 2.45) is 0 Å². The van der Waals surface area contributed by atoms with E-state index in [2.05, 4.69) is 4.98 Å². The second-order valence-corrected chi connectivity index (χ2v) is 3.22. The van der Waals surface area contributed by atoms with Crippen molar-refractivity contribution in [1.82, 2.24) is 4.98 Å². The van der Waals surface area contributed by atoms with Gasteiger partial charge in [-0.05, 0) is 23.7 Å². The number of aromatic nitrogens is 1. The van der Waals surface area contributed by atoms with Crippen LogP contribution in [0.25, 0.3) is 11.3 Å². The van der Waals surface area contributed by atoms with Crippen LogP contribution < -0.4 is 0 Å². The summed E-state index contributed by atoms with van der Waals surface area (Å²) in [5, 5.41) is 4.05. The van der Waals surface area contributed by atoms with Gasteiger partial charge in [0.05, 0.1) is 5.69 Å². The molecular weight excluding hydrogens is 178 g/mol. The molecule has 56 valence electrons. The molecule has 0 radical (unpaired) electrons. The van der Waals surface area contributed by atoms with E-state index in [4.69, 9.17) is 16.6 Å². The van der Waals surface area contributed by atoms with Crippen LogP contribution in [0.1, 0.15) is 0 Å². The molecule has 0 spiro atoms. The molecular formula is C7H5NOS2. The van der Waals surface area contributed by atoms with E-state index < -0.39 is 0 Å². The summed E-state index contributed by atoms with van der Waals surface area (Å²) in [5.41, 5.74) is 2.06. The summed E-state index contributed by atoms with van der Waals surface area (Å²) in [6, 6.07) is 2.01. The van der Waals surface area contributed by atoms with Crippen LogP contribution in [0.15, 0.2) is 27.5 Å². The summed E-state index contributed by atoms with van der Waals surface area (Å²) >= 11 is 6.44. The first-order chi connectivity index (χ1) is 5.36. The molecule has 0 aliphatic carbocycles. The van der Waals surface area contributed by atoms with Crippen molar-refractivity contribution in [1.29, 1.82) is 0 Å². The smallest absolute Gasteiger partial charge is 0.266 e. The minimum absolute atomic E-state index is 0.422. The molecule has 0 bridgehead atoms. The maximum Gasteiger partial charge on any atom is 0.266 e. The Morgan fingerprint density at radius 1 is 1.55 bits per heavy atom. The lowest BCUT2D eigenvalue weighted by Gasteiger charge is -1.84. The first kappa shape index (κ1) is 6.82. The summed E-state index contributed by atoms with van der Waals surface area (Å²) in [7, 11) is 0. The van der Waals surface area contributed by atoms with Crippen molar-refractivity contribution < 1.29 is 4.42 Å². The fraction of sp³-hybridized carbons (Fsp3) is 0. The Hall–Kier alpha value is -0.870. The number of oxazole rings is 1. The number of rotatable bonds is 1. The zero-order chi connectivity index (χ0) is 7.68. The van der Waals surface area contributed by atoms with Gasteiger partial charge < -0.3 is 9.40 Å². The highest BCUT2D eigenvalue weighted by Crippen LogP contribution is 2.19. The van der Waals surface area contributed by atoms with Crippen LogP contribution in [0, 0.1) is 4.84 Å². The Labute approximate surface area is 72.5 Å². The molecule has 0 saturated carbocycles. The average molecular weight is 183 g/mol. The first-order valence-electron chi connectivity index (χ1n) is 3.06. The largest absolute Gasteiger partial charge is 0.437 e. The highest BCUT2D eigenvalue weighted by atomic mass is 32.1. The minimum Gasteiger partial charge on any atom is -0.437 e. The van der Waals surface area contributed by atoms with Crippen molar-refractivity contribution in [3.8, 4) is 11.3 Å². The van der Waals surface area contributed by atoms with E-state index in [1.807, 2.05) is 16.8 Å². The third kappa shape index (κ3) is 1.27. The number of nitrogens with one attached hydrogen (secondary N) is 1. The molecule has 11 heavy (non-hydrogen) atoms. The SMILES string of the molecule is S=c1[nH]c(-c2ccsc2)co1. The zero-order valence-corrected chi connectivity index (χ0v) is 7.17. The van der Waals surface area contributed by atoms with E-state index in [1.165, 1.54) is 0 Å². The Kier molecular flexibility index (Phi) is 1.63. The van der Waals surface area contributed by atoms with Gasteiger partial charge in [-0.3, -0.25) is 0 Å². The van der Waals surface area contributed by atoms with Crippen LogP contribution in [-0.4, -0.2) is 4.98 Å². The molecule has 0 aliphatic rings. The monoisotopic (exact) mass is 183 g/mol. The third-order valence-corrected chi connectivity index (χ3v) is 2.23. The van der Waals surface area contributed by atoms with Crippen LogP contribution in [0.2, 0.25) is 0 Å². The number of aromatic amines is 1. The summed E-state index contributed by atoms with van der Waals surface area (Å²) in [5.74, 6) is 0. The van der Waals surface area contributed by atoms with Gasteiger partial charge in [0, 0.05) is 10.9 Å². The normalized spacial score (nSPS) is 10.2. The molecule has 2 rings (SSSR count). The molecule has 2 aromatic rings. The summed E-state index contributed by atoms with van der Waals surface area (Å²) in [6.45, 7) is 0. The molecule has 2 nitrogen and oxygen atoms in total. The van der Waals surface area contributed by atoms with Crippen LogP contribution in [0.4, 0.5) is 0 Å². The van der Waals surface area contributed by atoms with Gasteiger partial charge in [-0.2, -0.15) is 11.3 Å². The van der Waals surface area contributed by atoms with Gasteiger partial charge in [0.15, 0.2) is 0 Å². The van der Waals surface area contributed by atoms with Gasteiger partial charge in [-0.1, -0.05) is 0 Å². The van der Waals surface area contributed by atoms with Crippen LogP contribution in [0.5, 0.6) is 0 Å². The molecule has 0 saturated heterocycles. The van der Waals surface area contributed by atoms with Crippen molar-refractivity contribution in [3.05, 3.63) is 27.9 Å². The fourth-order valence-electron chi connectivity index (χ4n) is 0.839. The molecule has 2 heterocycles. The molecule has 2 aromatic heterocycles. The molecule has 0 atom stereocenters. The summed E-state index contributed by atoms with van der Waals surface area (Å²) in [4.78, 5) is 3.36. The van der Waals surface area contributed by atoms with Crippen molar-refractivity contribution in [3.63, 3.8) is 0 Å². The topological polar surface area (TPSA) is 28.9 Å². The molecule has 0 aromatic carbocycles. The Bertz CT molecular complexity index is 384. The molecule has 4 heteroatoms. The van der Waals surface area contributed by atoms with E-state index in [1.54, 1.807) is 17.6 Å². The summed E-state index contributed by atoms with van der Waals surface area (Å²) in [6.07, 6.45) is 1.63. The molecule has 0 amide bonds. The Morgan fingerprint density at radius 2 is 2.45 bits per heavy atom. The third-order valence-electron chi connectivity index (χ3n) is 1.35. The lowest BCUT2D eigenvalue weighted by molar-refractivity contribution is 0.541. The van der Waals surface area contributed by atoms with Gasteiger partial charge in [-0.25, -0.2) is 0 Å². The molecule has 0 fully saturated rings. The molecule has 1 N–H and O–H groups in total. The van der Waals surface area contributed by atoms with Gasteiger partial charge >= 0.3 is 0 Å². The maximum absolute atomic E-state index is 4.95. The fourth-order valence-corrected chi connectivity index (χ4v) is 1.65. The van der Waals surface area contributed by atoms with E-state index in [9.17, 15) is 0 Å². The average Bonchev–Trinajstić information content (AvgIpc) is 2.55. The highest BCUT2D eigenvalue weighted by Gasteiger charge is 1.98. The lowest BCUT2D eigenvalue weighted by Crippen LogP contribution is -1.69. The minimum atomic E-state index is 0.422. The predicted octanol–water partition coefficient (Wildman–Crippen LogP) is 3.07. The number of hydrogen-bond acceptors (Lipinski definition) is 3. The van der Waals surface area contributed by atoms with Gasteiger partial charge in [0.25, 0.3) is 4.84 Å². The van der Waals surface area contributed by atoms with Crippen molar-refractivity contribution in [2.45, 2.75) is 0 Å². The van der Waals surface area contributed by atoms with E-state index in [0.29, 0.717) is 4.84 Å². The second-order valence-electron chi connectivity index (χ2n) is 2.07. The second kappa shape index (κ2) is 2.64. The molecule has 0 unspecified atom stereocenters. The predicted molar refractivity (Wildman–Crippen MR) is 47.2 cm³/mol. The summed E-state index contributed by atoms with van der Waals surface area (Å²) < 4.78 is 4.95. The van der Waals surface area contributed by atoms with Gasteiger partial charge in [0.1, 0.15) is 6.26 Å². The van der Waals surface area contributed by atoms with E-state index in [0.717, 1.165) is 11.3 Å². The number of hydrogen-bond donors (Lipinski definition) is 1. The van der Waals surface area contributed by atoms with Crippen molar-refractivity contribution >= 4 is 23.6 Å². The van der Waals surface area contributed by atoms with E-state index in [-0.39, 0.29) is 0 Å². The van der Waals surface area contributed by atoms with Crippen LogP contribution in [-0.2, 0) is 0 Å². The Morgan fingerprint density at radius 3 is 3.00 bits per heavy atom. The lowest BCUT2D eigenvalue weighted by atomic mass is 10.3. The van der Waals surface area contributed by atoms with Crippen LogP contribution in [0.3, 0.4) is 0 Å². The maximum atomic E-state index is 4.95. The van der Waals surface area contributed by atoms with Gasteiger partial charge in [-0.15, -0.1) is 0 Å². The quantitative estimate of drug-likeness (QED) is 0.688. The zero-order valence-electron chi connectivity index (χ0n) is 5.53.